The van der Waals surface area contributed by atoms with Crippen molar-refractivity contribution >= 4 is 17.3 Å². The Bertz CT molecular complexity index is 696. The number of nitrogens with one attached hydrogen (secondary N) is 1. The maximum Gasteiger partial charge on any atom is 0.272 e. The van der Waals surface area contributed by atoms with Gasteiger partial charge in [0.05, 0.1) is 0 Å². The molecule has 1 aliphatic heterocycles. The number of benzene rings is 1. The fourth-order valence-electron chi connectivity index (χ4n) is 3.27. The maximum atomic E-state index is 12.9. The second-order valence-corrected chi connectivity index (χ2v) is 6.48. The molecule has 1 amide bonds. The molecule has 1 aliphatic rings. The van der Waals surface area contributed by atoms with Crippen molar-refractivity contribution in [3.8, 4) is 0 Å². The first-order valence-electron chi connectivity index (χ1n) is 8.78. The Morgan fingerprint density at radius 3 is 2.75 bits per heavy atom. The van der Waals surface area contributed by atoms with Crippen LogP contribution in [0.25, 0.3) is 0 Å². The Labute approximate surface area is 143 Å². The van der Waals surface area contributed by atoms with Crippen molar-refractivity contribution in [3.05, 3.63) is 53.9 Å². The molecule has 2 heterocycles. The molecule has 0 bridgehead atoms. The number of hydrogen-bond acceptors (Lipinski definition) is 3. The Morgan fingerprint density at radius 2 is 2.00 bits per heavy atom. The van der Waals surface area contributed by atoms with E-state index in [2.05, 4.69) is 36.3 Å². The highest BCUT2D eigenvalue weighted by Gasteiger charge is 2.26. The number of aromatic nitrogens is 1. The summed E-state index contributed by atoms with van der Waals surface area (Å²) in [6, 6.07) is 12.3. The number of hydrogen-bond donors (Lipinski definition) is 1. The lowest BCUT2D eigenvalue weighted by molar-refractivity contribution is 0.0602. The van der Waals surface area contributed by atoms with Gasteiger partial charge in [0.2, 0.25) is 0 Å². The predicted octanol–water partition coefficient (Wildman–Crippen LogP) is 4.54. The zero-order valence-electron chi connectivity index (χ0n) is 14.5. The number of amides is 1. The maximum absolute atomic E-state index is 12.9. The highest BCUT2D eigenvalue weighted by Crippen LogP contribution is 2.23. The minimum Gasteiger partial charge on any atom is -0.355 e. The largest absolute Gasteiger partial charge is 0.355 e. The second-order valence-electron chi connectivity index (χ2n) is 6.48. The number of anilines is 2. The Balaban J connectivity index is 1.76. The first-order chi connectivity index (χ1) is 11.7. The highest BCUT2D eigenvalue weighted by molar-refractivity contribution is 5.93. The van der Waals surface area contributed by atoms with Gasteiger partial charge >= 0.3 is 0 Å². The van der Waals surface area contributed by atoms with Crippen LogP contribution in [0.5, 0.6) is 0 Å². The fraction of sp³-hybridized carbons (Fsp3) is 0.400. The van der Waals surface area contributed by atoms with Crippen molar-refractivity contribution in [2.45, 2.75) is 45.6 Å². The molecule has 1 atom stereocenters. The lowest BCUT2D eigenvalue weighted by atomic mass is 9.99. The fourth-order valence-corrected chi connectivity index (χ4v) is 3.27. The summed E-state index contributed by atoms with van der Waals surface area (Å²) in [6.45, 7) is 5.06. The van der Waals surface area contributed by atoms with Crippen molar-refractivity contribution in [2.75, 3.05) is 11.9 Å². The summed E-state index contributed by atoms with van der Waals surface area (Å²) in [5.41, 5.74) is 3.64. The van der Waals surface area contributed by atoms with Gasteiger partial charge in [-0.15, -0.1) is 0 Å². The molecule has 24 heavy (non-hydrogen) atoms. The van der Waals surface area contributed by atoms with E-state index in [9.17, 15) is 4.79 Å². The van der Waals surface area contributed by atoms with E-state index in [4.69, 9.17) is 0 Å². The van der Waals surface area contributed by atoms with Crippen LogP contribution in [0, 0.1) is 6.92 Å². The topological polar surface area (TPSA) is 45.2 Å². The quantitative estimate of drug-likeness (QED) is 0.898. The van der Waals surface area contributed by atoms with E-state index in [1.165, 1.54) is 12.0 Å². The monoisotopic (exact) mass is 323 g/mol. The minimum absolute atomic E-state index is 0.0501. The average molecular weight is 323 g/mol. The van der Waals surface area contributed by atoms with Gasteiger partial charge in [-0.05, 0) is 56.9 Å². The van der Waals surface area contributed by atoms with Crippen LogP contribution in [0.1, 0.15) is 48.7 Å². The molecule has 4 heteroatoms. The molecule has 3 rings (SSSR count). The third-order valence-electron chi connectivity index (χ3n) is 4.68. The van der Waals surface area contributed by atoms with Crippen molar-refractivity contribution in [1.82, 2.24) is 9.88 Å². The van der Waals surface area contributed by atoms with Gasteiger partial charge in [-0.2, -0.15) is 0 Å². The van der Waals surface area contributed by atoms with Crippen LogP contribution >= 0.6 is 0 Å². The smallest absolute Gasteiger partial charge is 0.272 e. The number of nitrogens with zero attached hydrogens (tertiary/aromatic N) is 2. The van der Waals surface area contributed by atoms with Gasteiger partial charge in [-0.25, -0.2) is 0 Å². The molecule has 1 fully saturated rings. The van der Waals surface area contributed by atoms with Crippen molar-refractivity contribution in [3.63, 3.8) is 0 Å². The van der Waals surface area contributed by atoms with E-state index in [1.54, 1.807) is 6.20 Å². The number of carbonyl (C=O) groups is 1. The molecule has 1 unspecified atom stereocenters. The van der Waals surface area contributed by atoms with E-state index >= 15 is 0 Å². The molecule has 1 aromatic carbocycles. The summed E-state index contributed by atoms with van der Waals surface area (Å²) >= 11 is 0. The van der Waals surface area contributed by atoms with E-state index in [0.29, 0.717) is 11.7 Å². The molecule has 4 nitrogen and oxygen atoms in total. The number of piperidine rings is 1. The van der Waals surface area contributed by atoms with Crippen LogP contribution in [0.4, 0.5) is 11.4 Å². The van der Waals surface area contributed by atoms with Crippen LogP contribution in [0.2, 0.25) is 0 Å². The predicted molar refractivity (Wildman–Crippen MR) is 97.7 cm³/mol. The van der Waals surface area contributed by atoms with Crippen LogP contribution in [-0.2, 0) is 0 Å². The van der Waals surface area contributed by atoms with Crippen molar-refractivity contribution < 1.29 is 4.79 Å². The standard InChI is InChI=1S/C20H25N3O/c1-3-18-6-4-5-13-23(18)20(24)19-14-17(11-12-21-19)22-16-9-7-15(2)8-10-16/h7-12,14,18H,3-6,13H2,1-2H3,(H,21,22). The molecule has 1 N–H and O–H groups in total. The number of pyridine rings is 1. The van der Waals surface area contributed by atoms with Gasteiger partial charge in [-0.1, -0.05) is 24.6 Å². The number of rotatable bonds is 4. The Kier molecular flexibility index (Phi) is 5.14. The summed E-state index contributed by atoms with van der Waals surface area (Å²) in [5, 5.41) is 3.34. The van der Waals surface area contributed by atoms with Gasteiger partial charge in [-0.3, -0.25) is 9.78 Å². The third-order valence-corrected chi connectivity index (χ3v) is 4.68. The summed E-state index contributed by atoms with van der Waals surface area (Å²) in [6.07, 6.45) is 6.11. The number of carbonyl (C=O) groups excluding carboxylic acids is 1. The molecular formula is C20H25N3O. The van der Waals surface area contributed by atoms with Gasteiger partial charge in [0, 0.05) is 30.2 Å². The van der Waals surface area contributed by atoms with Crippen molar-refractivity contribution in [2.24, 2.45) is 0 Å². The zero-order valence-corrected chi connectivity index (χ0v) is 14.5. The average Bonchev–Trinajstić information content (AvgIpc) is 2.63. The first kappa shape index (κ1) is 16.5. The van der Waals surface area contributed by atoms with E-state index < -0.39 is 0 Å². The van der Waals surface area contributed by atoms with E-state index in [1.807, 2.05) is 29.2 Å². The van der Waals surface area contributed by atoms with Crippen molar-refractivity contribution in [1.29, 1.82) is 0 Å². The van der Waals surface area contributed by atoms with Gasteiger partial charge < -0.3 is 10.2 Å². The molecule has 126 valence electrons. The first-order valence-corrected chi connectivity index (χ1v) is 8.78. The summed E-state index contributed by atoms with van der Waals surface area (Å²) in [5.74, 6) is 0.0501. The van der Waals surface area contributed by atoms with Crippen LogP contribution in [-0.4, -0.2) is 28.4 Å². The van der Waals surface area contributed by atoms with Crippen LogP contribution < -0.4 is 5.32 Å². The Morgan fingerprint density at radius 1 is 1.21 bits per heavy atom. The lowest BCUT2D eigenvalue weighted by Crippen LogP contribution is -2.43. The van der Waals surface area contributed by atoms with Crippen LogP contribution in [0.15, 0.2) is 42.6 Å². The summed E-state index contributed by atoms with van der Waals surface area (Å²) < 4.78 is 0. The van der Waals surface area contributed by atoms with Gasteiger partial charge in [0.15, 0.2) is 0 Å². The molecule has 0 spiro atoms. The third kappa shape index (κ3) is 3.75. The van der Waals surface area contributed by atoms with Crippen LogP contribution in [0.3, 0.4) is 0 Å². The highest BCUT2D eigenvalue weighted by atomic mass is 16.2. The van der Waals surface area contributed by atoms with Gasteiger partial charge in [0.1, 0.15) is 5.69 Å². The van der Waals surface area contributed by atoms with Gasteiger partial charge in [0.25, 0.3) is 5.91 Å². The SMILES string of the molecule is CCC1CCCCN1C(=O)c1cc(Nc2ccc(C)cc2)ccn1. The second kappa shape index (κ2) is 7.47. The minimum atomic E-state index is 0.0501. The molecule has 1 aromatic heterocycles. The Hall–Kier alpha value is -2.36. The number of aryl methyl sites for hydroxylation is 1. The molecule has 1 saturated heterocycles. The number of likely N-dealkylation sites (tertiary alicyclic amines) is 1. The lowest BCUT2D eigenvalue weighted by Gasteiger charge is -2.35. The summed E-state index contributed by atoms with van der Waals surface area (Å²) in [4.78, 5) is 19.2. The zero-order chi connectivity index (χ0) is 16.9. The normalized spacial score (nSPS) is 17.6. The molecule has 0 radical (unpaired) electrons. The van der Waals surface area contributed by atoms with E-state index in [0.717, 1.165) is 37.2 Å². The molecular weight excluding hydrogens is 298 g/mol. The summed E-state index contributed by atoms with van der Waals surface area (Å²) in [7, 11) is 0. The molecule has 0 aliphatic carbocycles. The van der Waals surface area contributed by atoms with E-state index in [-0.39, 0.29) is 5.91 Å². The molecule has 2 aromatic rings. The molecule has 0 saturated carbocycles.